The molecule has 0 saturated heterocycles. The van der Waals surface area contributed by atoms with E-state index in [0.717, 1.165) is 6.42 Å². The van der Waals surface area contributed by atoms with Gasteiger partial charge < -0.3 is 9.88 Å². The molecule has 2 rings (SSSR count). The molecule has 1 heterocycles. The van der Waals surface area contributed by atoms with Crippen LogP contribution < -0.4 is 5.32 Å². The molecule has 1 aliphatic rings. The Bertz CT molecular complexity index is 414. The van der Waals surface area contributed by atoms with Gasteiger partial charge in [-0.05, 0) is 25.8 Å². The van der Waals surface area contributed by atoms with Gasteiger partial charge in [0.2, 0.25) is 0 Å². The van der Waals surface area contributed by atoms with Crippen LogP contribution in [-0.2, 0) is 7.05 Å². The Morgan fingerprint density at radius 3 is 2.58 bits per heavy atom. The molecule has 108 valence electrons. The number of imidazole rings is 1. The number of aromatic nitrogens is 2. The van der Waals surface area contributed by atoms with Crippen LogP contribution in [0.1, 0.15) is 37.5 Å². The molecule has 1 fully saturated rings. The van der Waals surface area contributed by atoms with Gasteiger partial charge in [0.25, 0.3) is 0 Å². The number of nitrogens with one attached hydrogen (secondary N) is 1. The smallest absolute Gasteiger partial charge is 0.337 e. The number of hydrogen-bond donors (Lipinski definition) is 1. The second-order valence-electron chi connectivity index (χ2n) is 5.26. The van der Waals surface area contributed by atoms with Crippen LogP contribution in [0.25, 0.3) is 0 Å². The Kier molecular flexibility index (Phi) is 4.18. The van der Waals surface area contributed by atoms with Gasteiger partial charge in [-0.25, -0.2) is 4.98 Å². The highest BCUT2D eigenvalue weighted by Gasteiger charge is 2.48. The quantitative estimate of drug-likeness (QED) is 0.919. The summed E-state index contributed by atoms with van der Waals surface area (Å²) in [6.45, 7) is 0. The van der Waals surface area contributed by atoms with Crippen LogP contribution in [-0.4, -0.2) is 22.8 Å². The van der Waals surface area contributed by atoms with E-state index in [9.17, 15) is 13.2 Å². The maximum absolute atomic E-state index is 13.2. The Labute approximate surface area is 111 Å². The molecule has 1 N–H and O–H groups in total. The maximum atomic E-state index is 13.2. The molecular weight excluding hydrogens is 255 g/mol. The molecule has 3 unspecified atom stereocenters. The Morgan fingerprint density at radius 1 is 1.37 bits per heavy atom. The number of alkyl halides is 3. The molecule has 0 bridgehead atoms. The summed E-state index contributed by atoms with van der Waals surface area (Å²) in [5.41, 5.74) is 0. The lowest BCUT2D eigenvalue weighted by molar-refractivity contribution is -0.199. The van der Waals surface area contributed by atoms with Crippen molar-refractivity contribution in [3.05, 3.63) is 18.2 Å². The van der Waals surface area contributed by atoms with Crippen LogP contribution in [0, 0.1) is 11.8 Å². The first-order chi connectivity index (χ1) is 8.95. The molecule has 0 amide bonds. The van der Waals surface area contributed by atoms with E-state index in [4.69, 9.17) is 0 Å². The van der Waals surface area contributed by atoms with Crippen molar-refractivity contribution in [2.75, 3.05) is 7.05 Å². The Morgan fingerprint density at radius 2 is 2.05 bits per heavy atom. The van der Waals surface area contributed by atoms with Gasteiger partial charge in [0, 0.05) is 19.4 Å². The Hall–Kier alpha value is -1.04. The monoisotopic (exact) mass is 275 g/mol. The predicted molar refractivity (Wildman–Crippen MR) is 66.5 cm³/mol. The second-order valence-corrected chi connectivity index (χ2v) is 5.26. The Balaban J connectivity index is 2.27. The number of nitrogens with zero attached hydrogens (tertiary/aromatic N) is 2. The van der Waals surface area contributed by atoms with Crippen LogP contribution in [0.4, 0.5) is 13.2 Å². The number of rotatable bonds is 3. The van der Waals surface area contributed by atoms with E-state index in [2.05, 4.69) is 10.3 Å². The zero-order valence-corrected chi connectivity index (χ0v) is 11.2. The first kappa shape index (κ1) is 14.4. The van der Waals surface area contributed by atoms with Crippen LogP contribution in [0.3, 0.4) is 0 Å². The maximum Gasteiger partial charge on any atom is 0.392 e. The highest BCUT2D eigenvalue weighted by Crippen LogP contribution is 2.46. The fraction of sp³-hybridized carbons (Fsp3) is 0.769. The van der Waals surface area contributed by atoms with Gasteiger partial charge in [0.15, 0.2) is 0 Å². The summed E-state index contributed by atoms with van der Waals surface area (Å²) < 4.78 is 41.3. The fourth-order valence-electron chi connectivity index (χ4n) is 3.18. The summed E-state index contributed by atoms with van der Waals surface area (Å²) in [7, 11) is 3.53. The highest BCUT2D eigenvalue weighted by molar-refractivity contribution is 5.03. The summed E-state index contributed by atoms with van der Waals surface area (Å²) in [4.78, 5) is 4.21. The van der Waals surface area contributed by atoms with Crippen molar-refractivity contribution in [1.29, 1.82) is 0 Å². The van der Waals surface area contributed by atoms with Gasteiger partial charge in [-0.15, -0.1) is 0 Å². The number of hydrogen-bond acceptors (Lipinski definition) is 2. The normalized spacial score (nSPS) is 26.4. The number of halogens is 3. The molecule has 6 heteroatoms. The van der Waals surface area contributed by atoms with E-state index in [-0.39, 0.29) is 12.5 Å². The highest BCUT2D eigenvalue weighted by atomic mass is 19.4. The summed E-state index contributed by atoms with van der Waals surface area (Å²) in [6.07, 6.45) is 1.64. The molecular formula is C13H20F3N3. The van der Waals surface area contributed by atoms with Crippen molar-refractivity contribution in [1.82, 2.24) is 14.9 Å². The minimum absolute atomic E-state index is 0.233. The lowest BCUT2D eigenvalue weighted by atomic mass is 9.74. The molecule has 0 radical (unpaired) electrons. The molecule has 19 heavy (non-hydrogen) atoms. The molecule has 1 saturated carbocycles. The molecule has 3 nitrogen and oxygen atoms in total. The van der Waals surface area contributed by atoms with Crippen molar-refractivity contribution < 1.29 is 13.2 Å². The second kappa shape index (κ2) is 5.53. The lowest BCUT2D eigenvalue weighted by Gasteiger charge is -2.37. The van der Waals surface area contributed by atoms with Crippen molar-refractivity contribution in [3.63, 3.8) is 0 Å². The van der Waals surface area contributed by atoms with Gasteiger partial charge in [-0.3, -0.25) is 0 Å². The molecule has 0 spiro atoms. The van der Waals surface area contributed by atoms with Gasteiger partial charge in [-0.2, -0.15) is 13.2 Å². The summed E-state index contributed by atoms with van der Waals surface area (Å²) in [5, 5.41) is 3.03. The molecule has 3 atom stereocenters. The molecule has 1 aliphatic carbocycles. The van der Waals surface area contributed by atoms with Crippen molar-refractivity contribution in [2.45, 2.75) is 37.9 Å². The topological polar surface area (TPSA) is 29.9 Å². The average Bonchev–Trinajstić information content (AvgIpc) is 2.76. The van der Waals surface area contributed by atoms with Crippen LogP contribution in [0.2, 0.25) is 0 Å². The van der Waals surface area contributed by atoms with Crippen LogP contribution in [0.5, 0.6) is 0 Å². The first-order valence-electron chi connectivity index (χ1n) is 6.66. The lowest BCUT2D eigenvalue weighted by Crippen LogP contribution is -2.40. The van der Waals surface area contributed by atoms with E-state index in [1.165, 1.54) is 0 Å². The van der Waals surface area contributed by atoms with Crippen molar-refractivity contribution in [3.8, 4) is 0 Å². The van der Waals surface area contributed by atoms with E-state index in [1.54, 1.807) is 24.0 Å². The largest absolute Gasteiger partial charge is 0.392 e. The molecule has 1 aromatic rings. The minimum atomic E-state index is -4.12. The van der Waals surface area contributed by atoms with E-state index < -0.39 is 18.0 Å². The minimum Gasteiger partial charge on any atom is -0.337 e. The first-order valence-corrected chi connectivity index (χ1v) is 6.66. The third-order valence-corrected chi connectivity index (χ3v) is 4.12. The third-order valence-electron chi connectivity index (χ3n) is 4.12. The summed E-state index contributed by atoms with van der Waals surface area (Å²) in [6, 6.07) is -0.341. The predicted octanol–water partition coefficient (Wildman–Crippen LogP) is 3.05. The zero-order chi connectivity index (χ0) is 14.0. The molecule has 1 aromatic heterocycles. The van der Waals surface area contributed by atoms with Crippen LogP contribution in [0.15, 0.2) is 12.4 Å². The SMILES string of the molecule is CNC(c1nccn1C)C1CCCCC1C(F)(F)F. The van der Waals surface area contributed by atoms with E-state index in [0.29, 0.717) is 18.7 Å². The van der Waals surface area contributed by atoms with E-state index >= 15 is 0 Å². The third kappa shape index (κ3) is 2.94. The van der Waals surface area contributed by atoms with Gasteiger partial charge in [0.05, 0.1) is 12.0 Å². The molecule has 0 aromatic carbocycles. The van der Waals surface area contributed by atoms with Gasteiger partial charge in [-0.1, -0.05) is 12.8 Å². The van der Waals surface area contributed by atoms with Crippen molar-refractivity contribution >= 4 is 0 Å². The summed E-state index contributed by atoms with van der Waals surface area (Å²) in [5.74, 6) is -0.973. The standard InChI is InChI=1S/C13H20F3N3/c1-17-11(12-18-7-8-19(12)2)9-5-3-4-6-10(9)13(14,15)16/h7-11,17H,3-6H2,1-2H3. The molecule has 0 aliphatic heterocycles. The van der Waals surface area contributed by atoms with Crippen LogP contribution >= 0.6 is 0 Å². The average molecular weight is 275 g/mol. The van der Waals surface area contributed by atoms with Gasteiger partial charge >= 0.3 is 6.18 Å². The zero-order valence-electron chi connectivity index (χ0n) is 11.2. The number of aryl methyl sites for hydroxylation is 1. The fourth-order valence-corrected chi connectivity index (χ4v) is 3.18. The van der Waals surface area contributed by atoms with E-state index in [1.807, 2.05) is 7.05 Å². The van der Waals surface area contributed by atoms with Gasteiger partial charge in [0.1, 0.15) is 5.82 Å². The van der Waals surface area contributed by atoms with Crippen molar-refractivity contribution in [2.24, 2.45) is 18.9 Å². The summed E-state index contributed by atoms with van der Waals surface area (Å²) >= 11 is 0.